The molecule has 0 saturated heterocycles. The van der Waals surface area contributed by atoms with E-state index in [0.717, 1.165) is 56.0 Å². The minimum atomic E-state index is -0.0798. The Morgan fingerprint density at radius 2 is 0.667 bits per heavy atom. The van der Waals surface area contributed by atoms with Crippen LogP contribution in [0, 0.1) is 0 Å². The van der Waals surface area contributed by atoms with Gasteiger partial charge in [0, 0.05) is 34.0 Å². The Labute approximate surface area is 323 Å². The molecule has 0 aromatic heterocycles. The molecule has 0 saturated carbocycles. The summed E-state index contributed by atoms with van der Waals surface area (Å²) in [7, 11) is 0. The van der Waals surface area contributed by atoms with Gasteiger partial charge < -0.3 is 9.80 Å². The van der Waals surface area contributed by atoms with Crippen LogP contribution in [0.25, 0.3) is 44.2 Å². The Kier molecular flexibility index (Phi) is 7.81. The third-order valence-electron chi connectivity index (χ3n) is 9.71. The van der Waals surface area contributed by atoms with E-state index in [1.54, 1.807) is 0 Å². The molecule has 9 aromatic carbocycles. The highest BCUT2D eigenvalue weighted by atomic mass is 15.1. The molecule has 0 aliphatic rings. The van der Waals surface area contributed by atoms with E-state index in [9.17, 15) is 2.74 Å². The molecule has 0 unspecified atom stereocenters. The molecular weight excluding hydrogens is 653 g/mol. The minimum Gasteiger partial charge on any atom is -0.311 e. The van der Waals surface area contributed by atoms with E-state index in [1.165, 1.54) is 0 Å². The first-order valence-corrected chi connectivity index (χ1v) is 18.1. The van der Waals surface area contributed by atoms with E-state index in [2.05, 4.69) is 107 Å². The van der Waals surface area contributed by atoms with Crippen LogP contribution in [0.1, 0.15) is 5.48 Å². The molecule has 0 aliphatic heterocycles. The zero-order valence-corrected chi connectivity index (χ0v) is 29.5. The van der Waals surface area contributed by atoms with Gasteiger partial charge in [0.15, 0.2) is 0 Å². The van der Waals surface area contributed by atoms with Crippen LogP contribution in [0.5, 0.6) is 0 Å². The molecule has 0 spiro atoms. The highest BCUT2D eigenvalue weighted by Crippen LogP contribution is 2.44. The first-order valence-electron chi connectivity index (χ1n) is 20.1. The fourth-order valence-electron chi connectivity index (χ4n) is 7.12. The molecule has 0 N–H and O–H groups in total. The first-order chi connectivity index (χ1) is 28.5. The Hall–Kier alpha value is -7.16. The van der Waals surface area contributed by atoms with Crippen molar-refractivity contribution in [1.29, 1.82) is 0 Å². The number of para-hydroxylation sites is 3. The fraction of sp³-hybridized carbons (Fsp3) is 0. The van der Waals surface area contributed by atoms with Gasteiger partial charge >= 0.3 is 0 Å². The molecule has 0 bridgehead atoms. The standard InChI is InChI=1S/C52H38N2/c1-5-16-44(17-6-1)52-50-24-14-13-15-43(50)33-38-51(52)54(47-22-11-4-12-23-47)49-36-31-42(32-37-49)40-27-25-39(26-28-40)41-29-34-48(35-30-41)53(45-18-7-2-8-19-45)46-20-9-3-10-21-46/h1-38H/i25D,26D,27D,28D. The lowest BCUT2D eigenvalue weighted by atomic mass is 9.95. The smallest absolute Gasteiger partial charge is 0.0629 e. The van der Waals surface area contributed by atoms with Crippen molar-refractivity contribution in [2.45, 2.75) is 0 Å². The number of anilines is 6. The Bertz CT molecular complexity index is 2780. The van der Waals surface area contributed by atoms with E-state index in [4.69, 9.17) is 2.74 Å². The number of nitrogens with zero attached hydrogens (tertiary/aromatic N) is 2. The van der Waals surface area contributed by atoms with Gasteiger partial charge in [0.2, 0.25) is 0 Å². The quantitative estimate of drug-likeness (QED) is 0.148. The topological polar surface area (TPSA) is 6.48 Å². The average molecular weight is 695 g/mol. The molecule has 54 heavy (non-hydrogen) atoms. The summed E-state index contributed by atoms with van der Waals surface area (Å²) >= 11 is 0. The third-order valence-corrected chi connectivity index (χ3v) is 9.71. The summed E-state index contributed by atoms with van der Waals surface area (Å²) in [6, 6.07) is 68.8. The molecule has 0 amide bonds. The van der Waals surface area contributed by atoms with Gasteiger partial charge in [-0.25, -0.2) is 0 Å². The highest BCUT2D eigenvalue weighted by molar-refractivity contribution is 6.05. The highest BCUT2D eigenvalue weighted by Gasteiger charge is 2.19. The predicted octanol–water partition coefficient (Wildman–Crippen LogP) is 14.8. The second-order valence-electron chi connectivity index (χ2n) is 13.1. The van der Waals surface area contributed by atoms with E-state index < -0.39 is 0 Å². The van der Waals surface area contributed by atoms with Gasteiger partial charge in [0.1, 0.15) is 0 Å². The lowest BCUT2D eigenvalue weighted by Gasteiger charge is -2.29. The normalized spacial score (nSPS) is 12.0. The van der Waals surface area contributed by atoms with Crippen LogP contribution in [0.15, 0.2) is 230 Å². The van der Waals surface area contributed by atoms with Crippen molar-refractivity contribution >= 4 is 44.9 Å². The summed E-state index contributed by atoms with van der Waals surface area (Å²) in [6.45, 7) is 0. The van der Waals surface area contributed by atoms with Crippen LogP contribution in [-0.2, 0) is 0 Å². The van der Waals surface area contributed by atoms with Gasteiger partial charge in [0.25, 0.3) is 0 Å². The summed E-state index contributed by atoms with van der Waals surface area (Å²) in [6.07, 6.45) is 0. The van der Waals surface area contributed by atoms with E-state index in [1.807, 2.05) is 109 Å². The second kappa shape index (κ2) is 14.8. The van der Waals surface area contributed by atoms with Crippen LogP contribution in [-0.4, -0.2) is 0 Å². The zero-order valence-electron chi connectivity index (χ0n) is 33.5. The van der Waals surface area contributed by atoms with Gasteiger partial charge in [-0.3, -0.25) is 0 Å². The maximum Gasteiger partial charge on any atom is 0.0629 e. The lowest BCUT2D eigenvalue weighted by Crippen LogP contribution is -2.11. The molecule has 256 valence electrons. The van der Waals surface area contributed by atoms with Gasteiger partial charge in [-0.05, 0) is 105 Å². The molecule has 9 aromatic rings. The number of fused-ring (bicyclic) bond motifs is 1. The Morgan fingerprint density at radius 3 is 1.17 bits per heavy atom. The molecule has 2 nitrogen and oxygen atoms in total. The average Bonchev–Trinajstić information content (AvgIpc) is 3.28. The van der Waals surface area contributed by atoms with Crippen molar-refractivity contribution in [3.05, 3.63) is 230 Å². The second-order valence-corrected chi connectivity index (χ2v) is 13.1. The van der Waals surface area contributed by atoms with Crippen LogP contribution in [0.4, 0.5) is 34.1 Å². The van der Waals surface area contributed by atoms with Gasteiger partial charge in [-0.1, -0.05) is 164 Å². The Morgan fingerprint density at radius 1 is 0.278 bits per heavy atom. The SMILES string of the molecule is [2H]c1c([2H])c(-c2ccc(N(c3ccccc3)c3ccc4ccccc4c3-c3ccccc3)cc2)c([2H])c([2H])c1-c1ccc(N(c2ccccc2)c2ccccc2)cc1. The molecule has 0 radical (unpaired) electrons. The van der Waals surface area contributed by atoms with Crippen LogP contribution in [0.2, 0.25) is 0 Å². The van der Waals surface area contributed by atoms with Crippen molar-refractivity contribution in [2.75, 3.05) is 9.80 Å². The van der Waals surface area contributed by atoms with E-state index in [-0.39, 0.29) is 35.3 Å². The predicted molar refractivity (Wildman–Crippen MR) is 230 cm³/mol. The van der Waals surface area contributed by atoms with Crippen molar-refractivity contribution in [3.8, 4) is 33.4 Å². The van der Waals surface area contributed by atoms with Gasteiger partial charge in [-0.2, -0.15) is 0 Å². The number of rotatable bonds is 9. The molecule has 0 atom stereocenters. The minimum absolute atomic E-state index is 0.0784. The summed E-state index contributed by atoms with van der Waals surface area (Å²) in [5, 5.41) is 2.30. The summed E-state index contributed by atoms with van der Waals surface area (Å²) < 4.78 is 36.7. The monoisotopic (exact) mass is 694 g/mol. The summed E-state index contributed by atoms with van der Waals surface area (Å²) in [4.78, 5) is 4.38. The number of benzene rings is 9. The summed E-state index contributed by atoms with van der Waals surface area (Å²) in [5.41, 5.74) is 9.80. The van der Waals surface area contributed by atoms with Crippen LogP contribution in [0.3, 0.4) is 0 Å². The van der Waals surface area contributed by atoms with Crippen molar-refractivity contribution in [1.82, 2.24) is 0 Å². The molecular formula is C52H38N2. The van der Waals surface area contributed by atoms with Gasteiger partial charge in [0.05, 0.1) is 11.2 Å². The summed E-state index contributed by atoms with van der Waals surface area (Å²) in [5.74, 6) is 0. The molecule has 0 heterocycles. The van der Waals surface area contributed by atoms with E-state index >= 15 is 0 Å². The van der Waals surface area contributed by atoms with E-state index in [0.29, 0.717) is 11.1 Å². The van der Waals surface area contributed by atoms with Crippen LogP contribution >= 0.6 is 0 Å². The lowest BCUT2D eigenvalue weighted by molar-refractivity contribution is 1.28. The molecule has 0 fully saturated rings. The number of hydrogen-bond donors (Lipinski definition) is 0. The maximum atomic E-state index is 9.19. The zero-order chi connectivity index (χ0) is 39.6. The van der Waals surface area contributed by atoms with Crippen molar-refractivity contribution in [3.63, 3.8) is 0 Å². The van der Waals surface area contributed by atoms with Crippen LogP contribution < -0.4 is 9.80 Å². The first kappa shape index (κ1) is 28.4. The molecule has 0 aliphatic carbocycles. The van der Waals surface area contributed by atoms with Crippen molar-refractivity contribution in [2.24, 2.45) is 0 Å². The molecule has 2 heteroatoms. The fourth-order valence-corrected chi connectivity index (χ4v) is 7.12. The Balaban J connectivity index is 1.10. The maximum absolute atomic E-state index is 9.19. The van der Waals surface area contributed by atoms with Crippen molar-refractivity contribution < 1.29 is 5.48 Å². The van der Waals surface area contributed by atoms with Gasteiger partial charge in [-0.15, -0.1) is 0 Å². The molecule has 9 rings (SSSR count). The largest absolute Gasteiger partial charge is 0.311 e. The third kappa shape index (κ3) is 6.53. The number of hydrogen-bond acceptors (Lipinski definition) is 2.